The fourth-order valence-electron chi connectivity index (χ4n) is 1.84. The minimum absolute atomic E-state index is 0.280. The second-order valence-corrected chi connectivity index (χ2v) is 6.15. The van der Waals surface area contributed by atoms with Gasteiger partial charge in [0.15, 0.2) is 5.82 Å². The minimum Gasteiger partial charge on any atom is -0.366 e. The van der Waals surface area contributed by atoms with Crippen molar-refractivity contribution in [2.75, 3.05) is 11.9 Å². The highest BCUT2D eigenvalue weighted by Gasteiger charge is 2.14. The lowest BCUT2D eigenvalue weighted by molar-refractivity contribution is 0.612. The van der Waals surface area contributed by atoms with E-state index in [4.69, 9.17) is 5.73 Å². The van der Waals surface area contributed by atoms with Crippen LogP contribution in [0.3, 0.4) is 0 Å². The van der Waals surface area contributed by atoms with Gasteiger partial charge in [-0.15, -0.1) is 11.3 Å². The predicted molar refractivity (Wildman–Crippen MR) is 80.9 cm³/mol. The van der Waals surface area contributed by atoms with Crippen molar-refractivity contribution in [1.29, 1.82) is 0 Å². The molecule has 0 aliphatic heterocycles. The molecule has 19 heavy (non-hydrogen) atoms. The number of hydrogen-bond donors (Lipinski definition) is 1. The fraction of sp³-hybridized carbons (Fsp3) is 0.308. The van der Waals surface area contributed by atoms with Gasteiger partial charge in [0.2, 0.25) is 0 Å². The first-order chi connectivity index (χ1) is 9.02. The largest absolute Gasteiger partial charge is 0.366 e. The molecule has 0 atom stereocenters. The van der Waals surface area contributed by atoms with Gasteiger partial charge < -0.3 is 10.6 Å². The molecule has 0 aliphatic rings. The highest BCUT2D eigenvalue weighted by atomic mass is 79.9. The third kappa shape index (κ3) is 3.13. The van der Waals surface area contributed by atoms with E-state index >= 15 is 0 Å². The molecule has 0 bridgehead atoms. The van der Waals surface area contributed by atoms with E-state index in [1.165, 1.54) is 0 Å². The molecule has 1 aromatic heterocycles. The number of nitrogens with two attached hydrogens (primary N) is 1. The van der Waals surface area contributed by atoms with Crippen molar-refractivity contribution in [1.82, 2.24) is 4.98 Å². The van der Waals surface area contributed by atoms with E-state index in [-0.39, 0.29) is 5.82 Å². The SMILES string of the molecule is Cc1nc(CN(C)c2ccc(CN)c(Br)c2F)cs1. The number of hydrogen-bond acceptors (Lipinski definition) is 4. The van der Waals surface area contributed by atoms with Crippen molar-refractivity contribution in [3.8, 4) is 0 Å². The highest BCUT2D eigenvalue weighted by molar-refractivity contribution is 9.10. The van der Waals surface area contributed by atoms with Crippen LogP contribution in [0.1, 0.15) is 16.3 Å². The molecule has 0 unspecified atom stereocenters. The molecule has 0 saturated carbocycles. The van der Waals surface area contributed by atoms with Crippen LogP contribution in [0.5, 0.6) is 0 Å². The third-order valence-corrected chi connectivity index (χ3v) is 4.52. The number of rotatable bonds is 4. The standard InChI is InChI=1S/C13H15BrFN3S/c1-8-17-10(7-19-8)6-18(2)11-4-3-9(5-16)12(14)13(11)15/h3-4,7H,5-6,16H2,1-2H3. The van der Waals surface area contributed by atoms with E-state index < -0.39 is 0 Å². The van der Waals surface area contributed by atoms with E-state index in [1.807, 2.05) is 30.3 Å². The summed E-state index contributed by atoms with van der Waals surface area (Å²) in [5, 5.41) is 3.01. The number of anilines is 1. The molecule has 0 amide bonds. The first kappa shape index (κ1) is 14.4. The van der Waals surface area contributed by atoms with Crippen LogP contribution >= 0.6 is 27.3 Å². The van der Waals surface area contributed by atoms with Crippen LogP contribution in [-0.2, 0) is 13.1 Å². The van der Waals surface area contributed by atoms with Gasteiger partial charge >= 0.3 is 0 Å². The number of aryl methyl sites for hydroxylation is 1. The van der Waals surface area contributed by atoms with Crippen LogP contribution in [0.15, 0.2) is 22.0 Å². The lowest BCUT2D eigenvalue weighted by Crippen LogP contribution is -2.18. The van der Waals surface area contributed by atoms with Crippen molar-refractivity contribution in [3.05, 3.63) is 44.1 Å². The van der Waals surface area contributed by atoms with Crippen LogP contribution in [0, 0.1) is 12.7 Å². The molecular formula is C13H15BrFN3S. The summed E-state index contributed by atoms with van der Waals surface area (Å²) >= 11 is 4.85. The first-order valence-electron chi connectivity index (χ1n) is 5.82. The molecule has 2 aromatic rings. The summed E-state index contributed by atoms with van der Waals surface area (Å²) in [6.07, 6.45) is 0. The van der Waals surface area contributed by atoms with Gasteiger partial charge in [0, 0.05) is 19.0 Å². The van der Waals surface area contributed by atoms with Crippen molar-refractivity contribution in [2.45, 2.75) is 20.0 Å². The van der Waals surface area contributed by atoms with Gasteiger partial charge in [0.1, 0.15) is 0 Å². The van der Waals surface area contributed by atoms with E-state index in [0.29, 0.717) is 23.2 Å². The average molecular weight is 344 g/mol. The van der Waals surface area contributed by atoms with Gasteiger partial charge in [0.05, 0.1) is 27.4 Å². The van der Waals surface area contributed by atoms with Crippen molar-refractivity contribution in [3.63, 3.8) is 0 Å². The quantitative estimate of drug-likeness (QED) is 0.924. The first-order valence-corrected chi connectivity index (χ1v) is 7.49. The van der Waals surface area contributed by atoms with Crippen molar-refractivity contribution in [2.24, 2.45) is 5.73 Å². The zero-order valence-electron chi connectivity index (χ0n) is 10.8. The monoisotopic (exact) mass is 343 g/mol. The number of nitrogens with zero attached hydrogens (tertiary/aromatic N) is 2. The Hall–Kier alpha value is -0.980. The second-order valence-electron chi connectivity index (χ2n) is 4.29. The molecule has 0 fully saturated rings. The van der Waals surface area contributed by atoms with Crippen LogP contribution in [0.25, 0.3) is 0 Å². The van der Waals surface area contributed by atoms with Crippen LogP contribution < -0.4 is 10.6 Å². The summed E-state index contributed by atoms with van der Waals surface area (Å²) in [5.41, 5.74) is 7.80. The number of halogens is 2. The molecule has 3 nitrogen and oxygen atoms in total. The Morgan fingerprint density at radius 3 is 2.79 bits per heavy atom. The van der Waals surface area contributed by atoms with Crippen LogP contribution in [-0.4, -0.2) is 12.0 Å². The highest BCUT2D eigenvalue weighted by Crippen LogP contribution is 2.29. The van der Waals surface area contributed by atoms with E-state index in [1.54, 1.807) is 17.4 Å². The van der Waals surface area contributed by atoms with E-state index in [9.17, 15) is 4.39 Å². The van der Waals surface area contributed by atoms with E-state index in [2.05, 4.69) is 20.9 Å². The Morgan fingerprint density at radius 2 is 2.21 bits per heavy atom. The van der Waals surface area contributed by atoms with Crippen LogP contribution in [0.4, 0.5) is 10.1 Å². The fourth-order valence-corrected chi connectivity index (χ4v) is 2.94. The summed E-state index contributed by atoms with van der Waals surface area (Å²) in [6.45, 7) is 2.85. The Balaban J connectivity index is 2.24. The Morgan fingerprint density at radius 1 is 1.47 bits per heavy atom. The molecule has 102 valence electrons. The molecule has 1 aromatic carbocycles. The van der Waals surface area contributed by atoms with Gasteiger partial charge in [0.25, 0.3) is 0 Å². The van der Waals surface area contributed by atoms with Gasteiger partial charge in [-0.05, 0) is 34.5 Å². The molecule has 0 radical (unpaired) electrons. The Kier molecular flexibility index (Phi) is 4.54. The van der Waals surface area contributed by atoms with Gasteiger partial charge in [-0.2, -0.15) is 0 Å². The maximum absolute atomic E-state index is 14.2. The van der Waals surface area contributed by atoms with Gasteiger partial charge in [-0.25, -0.2) is 9.37 Å². The molecule has 0 spiro atoms. The number of aromatic nitrogens is 1. The summed E-state index contributed by atoms with van der Waals surface area (Å²) < 4.78 is 14.7. The summed E-state index contributed by atoms with van der Waals surface area (Å²) in [4.78, 5) is 6.23. The number of benzene rings is 1. The Labute approximate surface area is 124 Å². The summed E-state index contributed by atoms with van der Waals surface area (Å²) in [7, 11) is 1.85. The minimum atomic E-state index is -0.280. The maximum Gasteiger partial charge on any atom is 0.160 e. The van der Waals surface area contributed by atoms with Crippen molar-refractivity contribution < 1.29 is 4.39 Å². The molecule has 1 heterocycles. The lowest BCUT2D eigenvalue weighted by atomic mass is 10.2. The molecule has 0 aliphatic carbocycles. The average Bonchev–Trinajstić information content (AvgIpc) is 2.78. The second kappa shape index (κ2) is 5.98. The topological polar surface area (TPSA) is 42.2 Å². The van der Waals surface area contributed by atoms with E-state index in [0.717, 1.165) is 16.3 Å². The number of thiazole rings is 1. The normalized spacial score (nSPS) is 10.8. The summed E-state index contributed by atoms with van der Waals surface area (Å²) in [6, 6.07) is 3.59. The lowest BCUT2D eigenvalue weighted by Gasteiger charge is -2.20. The molecule has 2 rings (SSSR count). The molecule has 2 N–H and O–H groups in total. The predicted octanol–water partition coefficient (Wildman–Crippen LogP) is 3.45. The Bertz CT molecular complexity index is 585. The summed E-state index contributed by atoms with van der Waals surface area (Å²) in [5.74, 6) is -0.280. The van der Waals surface area contributed by atoms with Gasteiger partial charge in [-0.1, -0.05) is 6.07 Å². The van der Waals surface area contributed by atoms with Gasteiger partial charge in [-0.3, -0.25) is 0 Å². The zero-order valence-corrected chi connectivity index (χ0v) is 13.2. The zero-order chi connectivity index (χ0) is 14.0. The molecule has 0 saturated heterocycles. The maximum atomic E-state index is 14.2. The van der Waals surface area contributed by atoms with Crippen molar-refractivity contribution >= 4 is 33.0 Å². The molecular weight excluding hydrogens is 329 g/mol. The smallest absolute Gasteiger partial charge is 0.160 e. The van der Waals surface area contributed by atoms with Crippen LogP contribution in [0.2, 0.25) is 0 Å². The molecule has 6 heteroatoms. The third-order valence-electron chi connectivity index (χ3n) is 2.84.